The van der Waals surface area contributed by atoms with Crippen molar-refractivity contribution in [1.82, 2.24) is 4.98 Å². The van der Waals surface area contributed by atoms with Gasteiger partial charge in [0.25, 0.3) is 0 Å². The van der Waals surface area contributed by atoms with Crippen LogP contribution < -0.4 is 15.9 Å². The Hall–Kier alpha value is -3.47. The van der Waals surface area contributed by atoms with E-state index in [0.717, 1.165) is 11.6 Å². The number of halogens is 1. The molecule has 23 heavy (non-hydrogen) atoms. The summed E-state index contributed by atoms with van der Waals surface area (Å²) >= 11 is 0. The largest absolute Gasteiger partial charge is 0.486 e. The number of hydrogen-bond acceptors (Lipinski definition) is 6. The van der Waals surface area contributed by atoms with Crippen molar-refractivity contribution >= 4 is 17.2 Å². The van der Waals surface area contributed by atoms with E-state index in [1.807, 2.05) is 6.07 Å². The summed E-state index contributed by atoms with van der Waals surface area (Å²) in [5.41, 5.74) is 8.43. The summed E-state index contributed by atoms with van der Waals surface area (Å²) in [5, 5.41) is 19.4. The molecule has 0 amide bonds. The van der Waals surface area contributed by atoms with Crippen LogP contribution in [0.3, 0.4) is 0 Å². The van der Waals surface area contributed by atoms with Crippen LogP contribution in [0.5, 0.6) is 5.75 Å². The van der Waals surface area contributed by atoms with Crippen molar-refractivity contribution in [2.45, 2.75) is 6.61 Å². The highest BCUT2D eigenvalue weighted by Gasteiger charge is 2.06. The van der Waals surface area contributed by atoms with Gasteiger partial charge in [-0.25, -0.2) is 4.39 Å². The molecule has 1 heterocycles. The number of nitrogens with one attached hydrogen (secondary N) is 2. The number of aromatic nitrogens is 1. The van der Waals surface area contributed by atoms with Crippen LogP contribution >= 0.6 is 0 Å². The summed E-state index contributed by atoms with van der Waals surface area (Å²) in [7, 11) is 0. The smallest absolute Gasteiger partial charge is 0.201 e. The molecule has 116 valence electrons. The Kier molecular flexibility index (Phi) is 5.20. The van der Waals surface area contributed by atoms with Crippen LogP contribution in [0.4, 0.5) is 10.1 Å². The topological polar surface area (TPSA) is 120 Å². The zero-order valence-corrected chi connectivity index (χ0v) is 12.0. The Morgan fingerprint density at radius 2 is 2.30 bits per heavy atom. The van der Waals surface area contributed by atoms with Gasteiger partial charge in [0.15, 0.2) is 17.4 Å². The minimum absolute atomic E-state index is 0.0791. The van der Waals surface area contributed by atoms with Gasteiger partial charge in [0.05, 0.1) is 5.69 Å². The summed E-state index contributed by atoms with van der Waals surface area (Å²) in [6.07, 6.45) is 3.27. The van der Waals surface area contributed by atoms with Crippen molar-refractivity contribution in [3.8, 4) is 11.8 Å². The monoisotopic (exact) mass is 312 g/mol. The van der Waals surface area contributed by atoms with Crippen LogP contribution in [0.25, 0.3) is 0 Å². The van der Waals surface area contributed by atoms with Crippen molar-refractivity contribution in [3.05, 3.63) is 54.1 Å². The molecule has 2 rings (SSSR count). The number of amidine groups is 1. The lowest BCUT2D eigenvalue weighted by molar-refractivity contribution is 0.290. The Morgan fingerprint density at radius 1 is 1.48 bits per heavy atom. The molecule has 2 aromatic rings. The Morgan fingerprint density at radius 3 is 2.91 bits per heavy atom. The van der Waals surface area contributed by atoms with E-state index in [9.17, 15) is 4.39 Å². The fourth-order valence-electron chi connectivity index (χ4n) is 1.60. The molecule has 0 saturated heterocycles. The van der Waals surface area contributed by atoms with Gasteiger partial charge in [0.1, 0.15) is 12.7 Å². The lowest BCUT2D eigenvalue weighted by Gasteiger charge is -2.08. The molecule has 0 atom stereocenters. The zero-order valence-electron chi connectivity index (χ0n) is 12.0. The lowest BCUT2D eigenvalue weighted by atomic mass is 10.3. The molecule has 0 unspecified atom stereocenters. The van der Waals surface area contributed by atoms with Crippen LogP contribution in [0.15, 0.2) is 47.8 Å². The Labute approximate surface area is 131 Å². The number of anilines is 1. The molecule has 0 aliphatic carbocycles. The maximum Gasteiger partial charge on any atom is 0.201 e. The van der Waals surface area contributed by atoms with Gasteiger partial charge in [-0.3, -0.25) is 15.8 Å². The van der Waals surface area contributed by atoms with E-state index in [1.165, 1.54) is 12.1 Å². The Bertz CT molecular complexity index is 769. The predicted octanol–water partition coefficient (Wildman–Crippen LogP) is 2.03. The summed E-state index contributed by atoms with van der Waals surface area (Å²) in [6.45, 7) is 0.193. The summed E-state index contributed by atoms with van der Waals surface area (Å²) < 4.78 is 19.3. The van der Waals surface area contributed by atoms with Gasteiger partial charge in [-0.2, -0.15) is 10.4 Å². The van der Waals surface area contributed by atoms with Gasteiger partial charge in [0.2, 0.25) is 5.71 Å². The fraction of sp³-hybridized carbons (Fsp3) is 0.0667. The molecule has 0 radical (unpaired) electrons. The number of pyridine rings is 1. The van der Waals surface area contributed by atoms with E-state index in [0.29, 0.717) is 5.69 Å². The highest BCUT2D eigenvalue weighted by molar-refractivity contribution is 6.45. The molecule has 1 aromatic heterocycles. The first-order valence-corrected chi connectivity index (χ1v) is 6.49. The average molecular weight is 312 g/mol. The second-order valence-electron chi connectivity index (χ2n) is 4.39. The van der Waals surface area contributed by atoms with Gasteiger partial charge in [-0.1, -0.05) is 6.07 Å². The normalized spacial score (nSPS) is 10.7. The quantitative estimate of drug-likeness (QED) is 0.428. The number of hydrogen-bond donors (Lipinski definition) is 3. The number of benzene rings is 1. The highest BCUT2D eigenvalue weighted by atomic mass is 19.1. The van der Waals surface area contributed by atoms with Gasteiger partial charge >= 0.3 is 0 Å². The highest BCUT2D eigenvalue weighted by Crippen LogP contribution is 2.22. The lowest BCUT2D eigenvalue weighted by Crippen LogP contribution is -2.21. The summed E-state index contributed by atoms with van der Waals surface area (Å²) in [5.74, 6) is -0.984. The maximum atomic E-state index is 14.0. The van der Waals surface area contributed by atoms with Crippen molar-refractivity contribution in [1.29, 1.82) is 10.7 Å². The van der Waals surface area contributed by atoms with Gasteiger partial charge in [-0.15, -0.1) is 0 Å². The summed E-state index contributed by atoms with van der Waals surface area (Å²) in [4.78, 5) is 3.94. The standard InChI is InChI=1S/C15H13FN6O/c16-12-6-11(21-22-13(7-17)15(18)19)3-4-14(12)23-9-10-2-1-5-20-8-10/h1-6,8,21H,9H2,(H3,18,19)/b22-13+. The van der Waals surface area contributed by atoms with Crippen LogP contribution in [-0.4, -0.2) is 16.5 Å². The third-order valence-corrected chi connectivity index (χ3v) is 2.71. The number of nitrogens with two attached hydrogens (primary N) is 1. The molecule has 0 saturated carbocycles. The van der Waals surface area contributed by atoms with Crippen LogP contribution in [0.1, 0.15) is 5.56 Å². The molecule has 0 aliphatic rings. The van der Waals surface area contributed by atoms with Crippen LogP contribution in [0, 0.1) is 22.6 Å². The predicted molar refractivity (Wildman–Crippen MR) is 83.6 cm³/mol. The SMILES string of the molecule is N#C/C(=N\Nc1ccc(OCc2cccnc2)c(F)c1)C(=N)N. The van der Waals surface area contributed by atoms with E-state index in [2.05, 4.69) is 15.5 Å². The maximum absolute atomic E-state index is 14.0. The zero-order chi connectivity index (χ0) is 16.7. The number of nitrogens with zero attached hydrogens (tertiary/aromatic N) is 3. The first-order valence-electron chi connectivity index (χ1n) is 6.49. The molecular formula is C15H13FN6O. The molecule has 4 N–H and O–H groups in total. The molecule has 1 aromatic carbocycles. The number of hydrazone groups is 1. The van der Waals surface area contributed by atoms with Crippen molar-refractivity contribution < 1.29 is 9.13 Å². The second kappa shape index (κ2) is 7.51. The summed E-state index contributed by atoms with van der Waals surface area (Å²) in [6, 6.07) is 9.36. The number of rotatable bonds is 6. The van der Waals surface area contributed by atoms with E-state index in [4.69, 9.17) is 21.1 Å². The molecule has 0 fully saturated rings. The first-order chi connectivity index (χ1) is 11.1. The van der Waals surface area contributed by atoms with E-state index < -0.39 is 11.7 Å². The van der Waals surface area contributed by atoms with Gasteiger partial charge < -0.3 is 10.5 Å². The number of ether oxygens (including phenoxy) is 1. The molecule has 0 aliphatic heterocycles. The minimum Gasteiger partial charge on any atom is -0.486 e. The third-order valence-electron chi connectivity index (χ3n) is 2.71. The van der Waals surface area contributed by atoms with Gasteiger partial charge in [-0.05, 0) is 18.2 Å². The molecule has 0 spiro atoms. The minimum atomic E-state index is -0.588. The van der Waals surface area contributed by atoms with Crippen molar-refractivity contribution in [2.75, 3.05) is 5.43 Å². The average Bonchev–Trinajstić information content (AvgIpc) is 2.55. The Balaban J connectivity index is 2.03. The van der Waals surface area contributed by atoms with E-state index in [1.54, 1.807) is 24.5 Å². The van der Waals surface area contributed by atoms with Crippen molar-refractivity contribution in [3.63, 3.8) is 0 Å². The van der Waals surface area contributed by atoms with E-state index in [-0.39, 0.29) is 18.1 Å². The molecule has 7 nitrogen and oxygen atoms in total. The van der Waals surface area contributed by atoms with Crippen LogP contribution in [-0.2, 0) is 6.61 Å². The van der Waals surface area contributed by atoms with Crippen LogP contribution in [0.2, 0.25) is 0 Å². The fourth-order valence-corrected chi connectivity index (χ4v) is 1.60. The third kappa shape index (κ3) is 4.50. The second-order valence-corrected chi connectivity index (χ2v) is 4.39. The molecule has 0 bridgehead atoms. The van der Waals surface area contributed by atoms with Gasteiger partial charge in [0, 0.05) is 24.0 Å². The van der Waals surface area contributed by atoms with E-state index >= 15 is 0 Å². The molecular weight excluding hydrogens is 299 g/mol. The van der Waals surface area contributed by atoms with Crippen molar-refractivity contribution in [2.24, 2.45) is 10.8 Å². The first kappa shape index (κ1) is 15.9. The number of nitriles is 1. The molecule has 8 heteroatoms.